The summed E-state index contributed by atoms with van der Waals surface area (Å²) in [6, 6.07) is 20.2. The van der Waals surface area contributed by atoms with E-state index in [1.54, 1.807) is 11.8 Å². The van der Waals surface area contributed by atoms with Gasteiger partial charge >= 0.3 is 0 Å². The van der Waals surface area contributed by atoms with Crippen molar-refractivity contribution in [2.45, 2.75) is 17.4 Å². The Labute approximate surface area is 131 Å². The molecule has 0 spiro atoms. The normalized spacial score (nSPS) is 18.7. The van der Waals surface area contributed by atoms with Crippen molar-refractivity contribution >= 4 is 17.4 Å². The molecule has 1 N–H and O–H groups in total. The van der Waals surface area contributed by atoms with Gasteiger partial charge in [-0.1, -0.05) is 30.3 Å². The molecule has 1 aliphatic heterocycles. The summed E-state index contributed by atoms with van der Waals surface area (Å²) in [7, 11) is 0. The molecule has 1 aliphatic rings. The van der Waals surface area contributed by atoms with Crippen LogP contribution in [-0.4, -0.2) is 31.9 Å². The fourth-order valence-electron chi connectivity index (χ4n) is 2.89. The minimum absolute atomic E-state index is 0.529. The third kappa shape index (κ3) is 3.80. The number of anilines is 1. The molecule has 0 amide bonds. The van der Waals surface area contributed by atoms with Gasteiger partial charge in [-0.15, -0.1) is 11.8 Å². The Balaban J connectivity index is 1.64. The monoisotopic (exact) mass is 298 g/mol. The molecule has 2 aromatic carbocycles. The van der Waals surface area contributed by atoms with Gasteiger partial charge in [-0.25, -0.2) is 0 Å². The number of benzene rings is 2. The Morgan fingerprint density at radius 2 is 1.86 bits per heavy atom. The first-order valence-corrected chi connectivity index (χ1v) is 8.74. The van der Waals surface area contributed by atoms with E-state index < -0.39 is 0 Å². The summed E-state index contributed by atoms with van der Waals surface area (Å²) in [6.45, 7) is 3.22. The van der Waals surface area contributed by atoms with E-state index in [2.05, 4.69) is 71.1 Å². The topological polar surface area (TPSA) is 15.3 Å². The average molecular weight is 298 g/mol. The van der Waals surface area contributed by atoms with Crippen LogP contribution in [0.4, 0.5) is 5.69 Å². The van der Waals surface area contributed by atoms with Gasteiger partial charge < -0.3 is 10.2 Å². The molecule has 0 saturated carbocycles. The SMILES string of the molecule is CSc1ccc(N2CCNC(Cc3ccccc3)C2)cc1. The van der Waals surface area contributed by atoms with Crippen LogP contribution in [-0.2, 0) is 6.42 Å². The molecule has 0 aromatic heterocycles. The van der Waals surface area contributed by atoms with E-state index in [0.29, 0.717) is 6.04 Å². The number of hydrogen-bond donors (Lipinski definition) is 1. The maximum Gasteiger partial charge on any atom is 0.0367 e. The van der Waals surface area contributed by atoms with Crippen molar-refractivity contribution < 1.29 is 0 Å². The minimum atomic E-state index is 0.529. The minimum Gasteiger partial charge on any atom is -0.369 e. The maximum absolute atomic E-state index is 3.64. The van der Waals surface area contributed by atoms with Crippen LogP contribution < -0.4 is 10.2 Å². The highest BCUT2D eigenvalue weighted by Gasteiger charge is 2.19. The molecule has 3 rings (SSSR count). The number of thioether (sulfide) groups is 1. The standard InChI is InChI=1S/C18H22N2S/c1-21-18-9-7-17(8-10-18)20-12-11-19-16(14-20)13-15-5-3-2-4-6-15/h2-10,16,19H,11-14H2,1H3. The lowest BCUT2D eigenvalue weighted by molar-refractivity contribution is 0.455. The lowest BCUT2D eigenvalue weighted by Gasteiger charge is -2.35. The molecule has 1 heterocycles. The average Bonchev–Trinajstić information content (AvgIpc) is 2.56. The van der Waals surface area contributed by atoms with E-state index >= 15 is 0 Å². The van der Waals surface area contributed by atoms with Crippen LogP contribution in [0.1, 0.15) is 5.56 Å². The molecule has 3 heteroatoms. The molecule has 110 valence electrons. The second-order valence-corrected chi connectivity index (χ2v) is 6.36. The van der Waals surface area contributed by atoms with Gasteiger partial charge in [0.1, 0.15) is 0 Å². The highest BCUT2D eigenvalue weighted by atomic mass is 32.2. The van der Waals surface area contributed by atoms with Gasteiger partial charge in [-0.05, 0) is 42.5 Å². The molecule has 1 fully saturated rings. The van der Waals surface area contributed by atoms with E-state index in [0.717, 1.165) is 26.1 Å². The summed E-state index contributed by atoms with van der Waals surface area (Å²) >= 11 is 1.80. The molecule has 0 radical (unpaired) electrons. The zero-order valence-electron chi connectivity index (χ0n) is 12.5. The van der Waals surface area contributed by atoms with Crippen molar-refractivity contribution in [2.24, 2.45) is 0 Å². The summed E-state index contributed by atoms with van der Waals surface area (Å²) in [6.07, 6.45) is 3.22. The molecule has 1 atom stereocenters. The Bertz CT molecular complexity index is 553. The molecule has 1 saturated heterocycles. The fraction of sp³-hybridized carbons (Fsp3) is 0.333. The highest BCUT2D eigenvalue weighted by Crippen LogP contribution is 2.22. The van der Waals surface area contributed by atoms with Crippen LogP contribution >= 0.6 is 11.8 Å². The second-order valence-electron chi connectivity index (χ2n) is 5.48. The zero-order valence-corrected chi connectivity index (χ0v) is 13.3. The van der Waals surface area contributed by atoms with Gasteiger partial charge in [0.2, 0.25) is 0 Å². The maximum atomic E-state index is 3.64. The first-order chi connectivity index (χ1) is 10.3. The Hall–Kier alpha value is -1.45. The van der Waals surface area contributed by atoms with Gasteiger partial charge in [0.05, 0.1) is 0 Å². The van der Waals surface area contributed by atoms with Gasteiger partial charge in [0, 0.05) is 36.3 Å². The fourth-order valence-corrected chi connectivity index (χ4v) is 3.30. The van der Waals surface area contributed by atoms with Crippen molar-refractivity contribution in [3.05, 3.63) is 60.2 Å². The van der Waals surface area contributed by atoms with Crippen molar-refractivity contribution in [1.29, 1.82) is 0 Å². The quantitative estimate of drug-likeness (QED) is 0.871. The van der Waals surface area contributed by atoms with Crippen molar-refractivity contribution in [2.75, 3.05) is 30.8 Å². The number of piperazine rings is 1. The van der Waals surface area contributed by atoms with Crippen LogP contribution in [0.2, 0.25) is 0 Å². The second kappa shape index (κ2) is 7.01. The number of nitrogens with zero attached hydrogens (tertiary/aromatic N) is 1. The highest BCUT2D eigenvalue weighted by molar-refractivity contribution is 7.98. The molecule has 1 unspecified atom stereocenters. The Morgan fingerprint density at radius 1 is 1.10 bits per heavy atom. The van der Waals surface area contributed by atoms with Crippen LogP contribution in [0, 0.1) is 0 Å². The first-order valence-electron chi connectivity index (χ1n) is 7.51. The predicted molar refractivity (Wildman–Crippen MR) is 92.4 cm³/mol. The van der Waals surface area contributed by atoms with Crippen molar-refractivity contribution in [3.63, 3.8) is 0 Å². The lowest BCUT2D eigenvalue weighted by Crippen LogP contribution is -2.51. The third-order valence-corrected chi connectivity index (χ3v) is 4.76. The Morgan fingerprint density at radius 3 is 2.57 bits per heavy atom. The van der Waals surface area contributed by atoms with Gasteiger partial charge in [-0.3, -0.25) is 0 Å². The predicted octanol–water partition coefficient (Wildman–Crippen LogP) is 3.43. The molecule has 0 bridgehead atoms. The molecule has 2 nitrogen and oxygen atoms in total. The zero-order chi connectivity index (χ0) is 14.5. The summed E-state index contributed by atoms with van der Waals surface area (Å²) in [5.74, 6) is 0. The van der Waals surface area contributed by atoms with Crippen LogP contribution in [0.5, 0.6) is 0 Å². The lowest BCUT2D eigenvalue weighted by atomic mass is 10.0. The van der Waals surface area contributed by atoms with E-state index in [1.165, 1.54) is 16.1 Å². The first kappa shape index (κ1) is 14.5. The molecular formula is C18H22N2S. The van der Waals surface area contributed by atoms with Gasteiger partial charge in [-0.2, -0.15) is 0 Å². The van der Waals surface area contributed by atoms with Crippen molar-refractivity contribution in [1.82, 2.24) is 5.32 Å². The summed E-state index contributed by atoms with van der Waals surface area (Å²) in [5, 5.41) is 3.64. The van der Waals surface area contributed by atoms with E-state index in [4.69, 9.17) is 0 Å². The van der Waals surface area contributed by atoms with Gasteiger partial charge in [0.15, 0.2) is 0 Å². The van der Waals surface area contributed by atoms with Crippen LogP contribution in [0.15, 0.2) is 59.5 Å². The number of nitrogens with one attached hydrogen (secondary N) is 1. The van der Waals surface area contributed by atoms with Crippen molar-refractivity contribution in [3.8, 4) is 0 Å². The van der Waals surface area contributed by atoms with Crippen LogP contribution in [0.3, 0.4) is 0 Å². The summed E-state index contributed by atoms with van der Waals surface area (Å²) < 4.78 is 0. The van der Waals surface area contributed by atoms with E-state index in [-0.39, 0.29) is 0 Å². The molecule has 0 aliphatic carbocycles. The summed E-state index contributed by atoms with van der Waals surface area (Å²) in [4.78, 5) is 3.82. The molecular weight excluding hydrogens is 276 g/mol. The molecule has 21 heavy (non-hydrogen) atoms. The smallest absolute Gasteiger partial charge is 0.0367 e. The number of hydrogen-bond acceptors (Lipinski definition) is 3. The van der Waals surface area contributed by atoms with E-state index in [1.807, 2.05) is 0 Å². The Kier molecular flexibility index (Phi) is 4.84. The number of rotatable bonds is 4. The van der Waals surface area contributed by atoms with E-state index in [9.17, 15) is 0 Å². The van der Waals surface area contributed by atoms with Gasteiger partial charge in [0.25, 0.3) is 0 Å². The molecule has 2 aromatic rings. The summed E-state index contributed by atoms with van der Waals surface area (Å²) in [5.41, 5.74) is 2.75. The largest absolute Gasteiger partial charge is 0.369 e. The third-order valence-electron chi connectivity index (χ3n) is 4.02. The van der Waals surface area contributed by atoms with Crippen LogP contribution in [0.25, 0.3) is 0 Å².